The number of hydrogen-bond donors (Lipinski definition) is 3. The van der Waals surface area contributed by atoms with Crippen LogP contribution in [0.25, 0.3) is 0 Å². The van der Waals surface area contributed by atoms with Gasteiger partial charge >= 0.3 is 12.3 Å². The molecular weight excluding hydrogens is 231 g/mol. The van der Waals surface area contributed by atoms with Crippen molar-refractivity contribution in [2.24, 2.45) is 5.84 Å². The number of nitrogens with two attached hydrogens (primary N) is 1. The van der Waals surface area contributed by atoms with Crippen LogP contribution in [0.4, 0.5) is 13.2 Å². The summed E-state index contributed by atoms with van der Waals surface area (Å²) in [6.45, 7) is 2.04. The van der Waals surface area contributed by atoms with Gasteiger partial charge in [0.25, 0.3) is 0 Å². The van der Waals surface area contributed by atoms with Gasteiger partial charge in [0.15, 0.2) is 0 Å². The van der Waals surface area contributed by atoms with Crippen LogP contribution >= 0.6 is 0 Å². The Bertz CT molecular complexity index is 282. The molecule has 0 heterocycles. The largest absolute Gasteiger partial charge is 0.480 e. The van der Waals surface area contributed by atoms with E-state index in [4.69, 9.17) is 5.11 Å². The first-order chi connectivity index (χ1) is 7.07. The molecule has 1 amide bonds. The summed E-state index contributed by atoms with van der Waals surface area (Å²) in [7, 11) is 0. The zero-order valence-electron chi connectivity index (χ0n) is 8.58. The van der Waals surface area contributed by atoms with E-state index in [1.54, 1.807) is 0 Å². The number of hydrogen-bond acceptors (Lipinski definition) is 4. The molecule has 0 radical (unpaired) electrons. The minimum atomic E-state index is -4.86. The van der Waals surface area contributed by atoms with Crippen LogP contribution in [0.1, 0.15) is 13.8 Å². The monoisotopic (exact) mass is 243 g/mol. The molecule has 0 rings (SSSR count). The first-order valence-corrected chi connectivity index (χ1v) is 4.21. The Balaban J connectivity index is 4.46. The Morgan fingerprint density at radius 1 is 1.38 bits per heavy atom. The van der Waals surface area contributed by atoms with Crippen LogP contribution in [-0.2, 0) is 9.59 Å². The van der Waals surface area contributed by atoms with E-state index in [1.165, 1.54) is 0 Å². The molecule has 0 fully saturated rings. The Morgan fingerprint density at radius 2 is 1.81 bits per heavy atom. The van der Waals surface area contributed by atoms with Crippen molar-refractivity contribution in [3.63, 3.8) is 0 Å². The number of rotatable bonds is 4. The highest BCUT2D eigenvalue weighted by Crippen LogP contribution is 2.19. The van der Waals surface area contributed by atoms with Gasteiger partial charge in [-0.2, -0.15) is 13.2 Å². The Morgan fingerprint density at radius 3 is 2.12 bits per heavy atom. The van der Waals surface area contributed by atoms with Gasteiger partial charge in [-0.1, -0.05) is 0 Å². The van der Waals surface area contributed by atoms with Crippen molar-refractivity contribution in [3.05, 3.63) is 0 Å². The summed E-state index contributed by atoms with van der Waals surface area (Å²) in [6.07, 6.45) is -4.86. The molecular formula is C7H12F3N3O3. The lowest BCUT2D eigenvalue weighted by atomic mass is 10.2. The second-order valence-corrected chi connectivity index (χ2v) is 3.12. The highest BCUT2D eigenvalue weighted by molar-refractivity contribution is 5.86. The number of halogens is 3. The van der Waals surface area contributed by atoms with Crippen LogP contribution < -0.4 is 11.2 Å². The van der Waals surface area contributed by atoms with E-state index in [0.717, 1.165) is 13.8 Å². The van der Waals surface area contributed by atoms with E-state index in [9.17, 15) is 22.8 Å². The number of nitrogens with one attached hydrogen (secondary N) is 1. The van der Waals surface area contributed by atoms with Crippen molar-refractivity contribution in [2.45, 2.75) is 32.2 Å². The maximum Gasteiger partial charge on any atom is 0.473 e. The predicted molar refractivity (Wildman–Crippen MR) is 46.8 cm³/mol. The lowest BCUT2D eigenvalue weighted by molar-refractivity contribution is -0.257. The molecule has 0 aliphatic heterocycles. The van der Waals surface area contributed by atoms with Gasteiger partial charge in [0.1, 0.15) is 12.1 Å². The van der Waals surface area contributed by atoms with Gasteiger partial charge in [-0.3, -0.25) is 15.4 Å². The fraction of sp³-hybridized carbons (Fsp3) is 0.714. The molecule has 94 valence electrons. The lowest BCUT2D eigenvalue weighted by Gasteiger charge is -2.25. The second kappa shape index (κ2) is 5.12. The number of carbonyl (C=O) groups is 2. The zero-order valence-corrected chi connectivity index (χ0v) is 8.58. The smallest absolute Gasteiger partial charge is 0.473 e. The molecule has 0 aromatic carbocycles. The van der Waals surface area contributed by atoms with E-state index in [2.05, 4.69) is 5.84 Å². The first-order valence-electron chi connectivity index (χ1n) is 4.21. The molecule has 2 atom stereocenters. The minimum absolute atomic E-state index is 0.600. The van der Waals surface area contributed by atoms with Crippen molar-refractivity contribution >= 4 is 11.9 Å². The Labute approximate surface area is 89.2 Å². The van der Waals surface area contributed by atoms with Crippen LogP contribution in [0.3, 0.4) is 0 Å². The summed E-state index contributed by atoms with van der Waals surface area (Å²) in [5.74, 6) is 2.18. The van der Waals surface area contributed by atoms with Gasteiger partial charge in [0.2, 0.25) is 5.91 Å². The third kappa shape index (κ3) is 4.03. The van der Waals surface area contributed by atoms with E-state index in [0.29, 0.717) is 0 Å². The molecule has 0 saturated carbocycles. The molecule has 0 spiro atoms. The first kappa shape index (κ1) is 14.6. The summed E-state index contributed by atoms with van der Waals surface area (Å²) < 4.78 is 36.2. The van der Waals surface area contributed by atoms with Crippen LogP contribution in [0.2, 0.25) is 0 Å². The summed E-state index contributed by atoms with van der Waals surface area (Å²) in [5, 5.41) is 9.70. The zero-order chi connectivity index (χ0) is 13.1. The molecule has 2 unspecified atom stereocenters. The highest BCUT2D eigenvalue weighted by Gasteiger charge is 2.41. The maximum absolute atomic E-state index is 12.1. The molecule has 0 saturated heterocycles. The topological polar surface area (TPSA) is 95.7 Å². The number of aliphatic carboxylic acids is 1. The van der Waals surface area contributed by atoms with E-state index in [1.807, 2.05) is 5.32 Å². The predicted octanol–water partition coefficient (Wildman–Crippen LogP) is -0.340. The van der Waals surface area contributed by atoms with E-state index >= 15 is 0 Å². The highest BCUT2D eigenvalue weighted by atomic mass is 19.4. The standard InChI is InChI=1S/C7H12F3N3O3/c1-3(6(15)16)12-5(14)4(2)13(11)7(8,9)10/h3-4H,11H2,1-2H3,(H,12,14)(H,15,16). The van der Waals surface area contributed by atoms with Crippen LogP contribution in [-0.4, -0.2) is 40.4 Å². The molecule has 6 nitrogen and oxygen atoms in total. The lowest BCUT2D eigenvalue weighted by Crippen LogP contribution is -2.56. The van der Waals surface area contributed by atoms with Gasteiger partial charge in [-0.15, -0.1) is 5.01 Å². The van der Waals surface area contributed by atoms with Crippen molar-refractivity contribution in [3.8, 4) is 0 Å². The van der Waals surface area contributed by atoms with Gasteiger partial charge in [0.05, 0.1) is 0 Å². The molecule has 0 aromatic heterocycles. The number of carbonyl (C=O) groups excluding carboxylic acids is 1. The minimum Gasteiger partial charge on any atom is -0.480 e. The van der Waals surface area contributed by atoms with Gasteiger partial charge in [-0.25, -0.2) is 0 Å². The van der Waals surface area contributed by atoms with Crippen molar-refractivity contribution in [1.82, 2.24) is 10.3 Å². The van der Waals surface area contributed by atoms with Crippen LogP contribution in [0.15, 0.2) is 0 Å². The molecule has 9 heteroatoms. The SMILES string of the molecule is CC(NC(=O)C(C)N(N)C(F)(F)F)C(=O)O. The maximum atomic E-state index is 12.1. The second-order valence-electron chi connectivity index (χ2n) is 3.12. The number of amides is 1. The number of hydrazine groups is 1. The quantitative estimate of drug-likeness (QED) is 0.356. The third-order valence-corrected chi connectivity index (χ3v) is 1.82. The summed E-state index contributed by atoms with van der Waals surface area (Å²) >= 11 is 0. The van der Waals surface area contributed by atoms with Crippen molar-refractivity contribution in [2.75, 3.05) is 0 Å². The average molecular weight is 243 g/mol. The van der Waals surface area contributed by atoms with Gasteiger partial charge < -0.3 is 10.4 Å². The fourth-order valence-corrected chi connectivity index (χ4v) is 0.742. The fourth-order valence-electron chi connectivity index (χ4n) is 0.742. The van der Waals surface area contributed by atoms with Crippen LogP contribution in [0.5, 0.6) is 0 Å². The summed E-state index contributed by atoms with van der Waals surface area (Å²) in [5.41, 5.74) is 0. The molecule has 16 heavy (non-hydrogen) atoms. The number of carboxylic acid groups (broad SMARTS) is 1. The summed E-state index contributed by atoms with van der Waals surface area (Å²) in [4.78, 5) is 21.5. The number of carboxylic acids is 1. The normalized spacial score (nSPS) is 15.7. The third-order valence-electron chi connectivity index (χ3n) is 1.82. The Kier molecular flexibility index (Phi) is 4.69. The number of nitrogens with zero attached hydrogens (tertiary/aromatic N) is 1. The summed E-state index contributed by atoms with van der Waals surface area (Å²) in [6, 6.07) is -2.99. The molecule has 0 aromatic rings. The number of alkyl halides is 3. The van der Waals surface area contributed by atoms with Crippen LogP contribution in [0, 0.1) is 0 Å². The molecule has 0 bridgehead atoms. The van der Waals surface area contributed by atoms with Crippen molar-refractivity contribution in [1.29, 1.82) is 0 Å². The molecule has 4 N–H and O–H groups in total. The van der Waals surface area contributed by atoms with E-state index in [-0.39, 0.29) is 0 Å². The molecule has 0 aliphatic rings. The average Bonchev–Trinajstić information content (AvgIpc) is 2.13. The van der Waals surface area contributed by atoms with Crippen molar-refractivity contribution < 1.29 is 27.9 Å². The molecule has 0 aliphatic carbocycles. The van der Waals surface area contributed by atoms with Gasteiger partial charge in [-0.05, 0) is 13.8 Å². The van der Waals surface area contributed by atoms with E-state index < -0.39 is 35.3 Å². The Hall–Kier alpha value is -1.35. The van der Waals surface area contributed by atoms with Gasteiger partial charge in [0, 0.05) is 0 Å².